The van der Waals surface area contributed by atoms with E-state index < -0.39 is 5.82 Å². The van der Waals surface area contributed by atoms with E-state index in [9.17, 15) is 9.18 Å². The molecule has 0 saturated carbocycles. The van der Waals surface area contributed by atoms with Gasteiger partial charge >= 0.3 is 0 Å². The number of halogens is 3. The van der Waals surface area contributed by atoms with Crippen molar-refractivity contribution in [2.75, 3.05) is 13.2 Å². The van der Waals surface area contributed by atoms with Gasteiger partial charge in [0, 0.05) is 18.2 Å². The number of hydrogen-bond acceptors (Lipinski definition) is 3. The zero-order valence-electron chi connectivity index (χ0n) is 11.7. The number of piperidine rings is 1. The van der Waals surface area contributed by atoms with Crippen molar-refractivity contribution in [3.05, 3.63) is 29.0 Å². The van der Waals surface area contributed by atoms with Crippen molar-refractivity contribution in [2.24, 2.45) is 0 Å². The monoisotopic (exact) mass is 336 g/mol. The Morgan fingerprint density at radius 1 is 1.57 bits per heavy atom. The van der Waals surface area contributed by atoms with E-state index in [1.165, 1.54) is 18.2 Å². The summed E-state index contributed by atoms with van der Waals surface area (Å²) in [6.45, 7) is 2.90. The molecular weight excluding hydrogens is 318 g/mol. The molecule has 1 aliphatic heterocycles. The molecule has 0 spiro atoms. The molecule has 1 aliphatic rings. The second-order valence-corrected chi connectivity index (χ2v) is 5.42. The quantitative estimate of drug-likeness (QED) is 0.888. The first-order chi connectivity index (χ1) is 9.54. The fourth-order valence-corrected chi connectivity index (χ4v) is 2.42. The zero-order valence-corrected chi connectivity index (χ0v) is 13.3. The lowest BCUT2D eigenvalue weighted by Gasteiger charge is -2.28. The van der Waals surface area contributed by atoms with Gasteiger partial charge in [-0.3, -0.25) is 4.79 Å². The van der Waals surface area contributed by atoms with E-state index in [4.69, 9.17) is 16.3 Å². The maximum Gasteiger partial charge on any atom is 0.258 e. The standard InChI is InChI=1S/C14H18ClFN2O2.ClH/c1-9-6-10(4-5-17-9)18-14(19)8-20-11-2-3-13(16)12(15)7-11;/h2-3,7,9-10,17H,4-6,8H2,1H3,(H,18,19);1H. The number of carbonyl (C=O) groups is 1. The van der Waals surface area contributed by atoms with Gasteiger partial charge in [0.1, 0.15) is 11.6 Å². The maximum absolute atomic E-state index is 13.0. The molecule has 2 atom stereocenters. The fraction of sp³-hybridized carbons (Fsp3) is 0.500. The van der Waals surface area contributed by atoms with Crippen molar-refractivity contribution in [1.29, 1.82) is 0 Å². The molecule has 0 aromatic heterocycles. The molecule has 2 rings (SSSR count). The molecule has 1 saturated heterocycles. The molecule has 1 amide bonds. The van der Waals surface area contributed by atoms with E-state index in [0.29, 0.717) is 11.8 Å². The molecule has 7 heteroatoms. The summed E-state index contributed by atoms with van der Waals surface area (Å²) in [6.07, 6.45) is 1.83. The predicted molar refractivity (Wildman–Crippen MR) is 82.8 cm³/mol. The van der Waals surface area contributed by atoms with E-state index in [1.54, 1.807) is 0 Å². The second kappa shape index (κ2) is 8.41. The Bertz CT molecular complexity index is 488. The Balaban J connectivity index is 0.00000220. The Labute approximate surface area is 134 Å². The van der Waals surface area contributed by atoms with E-state index in [2.05, 4.69) is 17.6 Å². The van der Waals surface area contributed by atoms with Gasteiger partial charge in [0.25, 0.3) is 5.91 Å². The largest absolute Gasteiger partial charge is 0.484 e. The van der Waals surface area contributed by atoms with Crippen LogP contribution in [-0.4, -0.2) is 31.1 Å². The zero-order chi connectivity index (χ0) is 14.5. The predicted octanol–water partition coefficient (Wildman–Crippen LogP) is 2.54. The first kappa shape index (κ1) is 18.0. The van der Waals surface area contributed by atoms with Gasteiger partial charge in [-0.05, 0) is 38.4 Å². The van der Waals surface area contributed by atoms with Crippen LogP contribution in [0.4, 0.5) is 4.39 Å². The smallest absolute Gasteiger partial charge is 0.258 e. The lowest BCUT2D eigenvalue weighted by Crippen LogP contribution is -2.47. The number of benzene rings is 1. The Hall–Kier alpha value is -1.04. The van der Waals surface area contributed by atoms with E-state index >= 15 is 0 Å². The normalized spacial score (nSPS) is 21.3. The van der Waals surface area contributed by atoms with Gasteiger partial charge in [-0.1, -0.05) is 11.6 Å². The number of hydrogen-bond donors (Lipinski definition) is 2. The minimum absolute atomic E-state index is 0. The van der Waals surface area contributed by atoms with Gasteiger partial charge in [0.15, 0.2) is 6.61 Å². The summed E-state index contributed by atoms with van der Waals surface area (Å²) < 4.78 is 18.3. The van der Waals surface area contributed by atoms with Crippen LogP contribution in [0, 0.1) is 5.82 Å². The lowest BCUT2D eigenvalue weighted by atomic mass is 10.0. The third-order valence-corrected chi connectivity index (χ3v) is 3.54. The summed E-state index contributed by atoms with van der Waals surface area (Å²) in [7, 11) is 0. The van der Waals surface area contributed by atoms with Crippen LogP contribution in [0.2, 0.25) is 5.02 Å². The molecule has 4 nitrogen and oxygen atoms in total. The van der Waals surface area contributed by atoms with Gasteiger partial charge in [0.05, 0.1) is 5.02 Å². The van der Waals surface area contributed by atoms with Crippen molar-refractivity contribution in [3.63, 3.8) is 0 Å². The third kappa shape index (κ3) is 5.69. The van der Waals surface area contributed by atoms with Crippen LogP contribution in [0.25, 0.3) is 0 Å². The summed E-state index contributed by atoms with van der Waals surface area (Å²) in [5.74, 6) is -0.304. The molecule has 0 radical (unpaired) electrons. The lowest BCUT2D eigenvalue weighted by molar-refractivity contribution is -0.124. The number of amides is 1. The highest BCUT2D eigenvalue weighted by Gasteiger charge is 2.19. The maximum atomic E-state index is 13.0. The van der Waals surface area contributed by atoms with Crippen molar-refractivity contribution in [3.8, 4) is 5.75 Å². The minimum atomic E-state index is -0.507. The van der Waals surface area contributed by atoms with Crippen molar-refractivity contribution >= 4 is 29.9 Å². The molecule has 118 valence electrons. The first-order valence-corrected chi connectivity index (χ1v) is 7.03. The molecule has 1 aromatic carbocycles. The number of ether oxygens (including phenoxy) is 1. The molecule has 21 heavy (non-hydrogen) atoms. The molecule has 1 heterocycles. The van der Waals surface area contributed by atoms with Gasteiger partial charge in [-0.2, -0.15) is 0 Å². The molecular formula is C14H19Cl2FN2O2. The highest BCUT2D eigenvalue weighted by molar-refractivity contribution is 6.30. The van der Waals surface area contributed by atoms with Crippen LogP contribution < -0.4 is 15.4 Å². The summed E-state index contributed by atoms with van der Waals surface area (Å²) >= 11 is 5.64. The van der Waals surface area contributed by atoms with Crippen LogP contribution in [0.1, 0.15) is 19.8 Å². The van der Waals surface area contributed by atoms with E-state index in [1.807, 2.05) is 0 Å². The van der Waals surface area contributed by atoms with Gasteiger partial charge in [0.2, 0.25) is 0 Å². The van der Waals surface area contributed by atoms with E-state index in [0.717, 1.165) is 19.4 Å². The summed E-state index contributed by atoms with van der Waals surface area (Å²) in [4.78, 5) is 11.8. The van der Waals surface area contributed by atoms with Crippen molar-refractivity contribution < 1.29 is 13.9 Å². The molecule has 1 aromatic rings. The summed E-state index contributed by atoms with van der Waals surface area (Å²) in [5, 5.41) is 6.24. The van der Waals surface area contributed by atoms with Gasteiger partial charge < -0.3 is 15.4 Å². The number of rotatable bonds is 4. The molecule has 1 fully saturated rings. The molecule has 2 unspecified atom stereocenters. The van der Waals surface area contributed by atoms with Crippen LogP contribution in [-0.2, 0) is 4.79 Å². The van der Waals surface area contributed by atoms with Crippen LogP contribution in [0.5, 0.6) is 5.75 Å². The summed E-state index contributed by atoms with van der Waals surface area (Å²) in [5.41, 5.74) is 0. The van der Waals surface area contributed by atoms with Crippen LogP contribution in [0.15, 0.2) is 18.2 Å². The highest BCUT2D eigenvalue weighted by Crippen LogP contribution is 2.20. The fourth-order valence-electron chi connectivity index (χ4n) is 2.25. The molecule has 2 N–H and O–H groups in total. The van der Waals surface area contributed by atoms with Crippen LogP contribution >= 0.6 is 24.0 Å². The highest BCUT2D eigenvalue weighted by atomic mass is 35.5. The summed E-state index contributed by atoms with van der Waals surface area (Å²) in [6, 6.07) is 4.60. The Kier molecular flexibility index (Phi) is 7.22. The Morgan fingerprint density at radius 2 is 2.33 bits per heavy atom. The topological polar surface area (TPSA) is 50.4 Å². The average Bonchev–Trinajstić information content (AvgIpc) is 2.40. The molecule has 0 bridgehead atoms. The van der Waals surface area contributed by atoms with Gasteiger partial charge in [-0.25, -0.2) is 4.39 Å². The van der Waals surface area contributed by atoms with E-state index in [-0.39, 0.29) is 36.0 Å². The van der Waals surface area contributed by atoms with Gasteiger partial charge in [-0.15, -0.1) is 12.4 Å². The first-order valence-electron chi connectivity index (χ1n) is 6.65. The number of nitrogens with one attached hydrogen (secondary N) is 2. The Morgan fingerprint density at radius 3 is 3.00 bits per heavy atom. The van der Waals surface area contributed by atoms with Crippen molar-refractivity contribution in [2.45, 2.75) is 31.8 Å². The number of carbonyl (C=O) groups excluding carboxylic acids is 1. The second-order valence-electron chi connectivity index (χ2n) is 5.01. The van der Waals surface area contributed by atoms with Crippen molar-refractivity contribution in [1.82, 2.24) is 10.6 Å². The SMILES string of the molecule is CC1CC(NC(=O)COc2ccc(F)c(Cl)c2)CCN1.Cl. The van der Waals surface area contributed by atoms with Crippen LogP contribution in [0.3, 0.4) is 0 Å². The molecule has 0 aliphatic carbocycles. The minimum Gasteiger partial charge on any atom is -0.484 e. The average molecular weight is 337 g/mol. The third-order valence-electron chi connectivity index (χ3n) is 3.25.